The first kappa shape index (κ1) is 16.5. The molecule has 0 aliphatic carbocycles. The van der Waals surface area contributed by atoms with E-state index >= 15 is 0 Å². The molecule has 14 heavy (non-hydrogen) atoms. The fourth-order valence-corrected chi connectivity index (χ4v) is 1.04. The monoisotopic (exact) mass is 229 g/mol. The Morgan fingerprint density at radius 2 is 1.14 bits per heavy atom. The SMILES string of the molecule is C[N+](C)(CCC(O)O)CCC(O)O.[Cl-]. The second-order valence-electron chi connectivity index (χ2n) is 3.92. The fraction of sp³-hybridized carbons (Fsp3) is 1.00. The Labute approximate surface area is 90.6 Å². The second-order valence-corrected chi connectivity index (χ2v) is 3.92. The maximum atomic E-state index is 8.64. The highest BCUT2D eigenvalue weighted by Gasteiger charge is 2.17. The summed E-state index contributed by atoms with van der Waals surface area (Å²) >= 11 is 0. The zero-order valence-corrected chi connectivity index (χ0v) is 9.35. The van der Waals surface area contributed by atoms with Crippen molar-refractivity contribution < 1.29 is 37.3 Å². The lowest BCUT2D eigenvalue weighted by molar-refractivity contribution is -0.892. The molecule has 0 fully saturated rings. The largest absolute Gasteiger partial charge is 1.00 e. The molecule has 0 aromatic heterocycles. The van der Waals surface area contributed by atoms with Gasteiger partial charge in [0.25, 0.3) is 0 Å². The van der Waals surface area contributed by atoms with Crippen LogP contribution in [0.1, 0.15) is 12.8 Å². The van der Waals surface area contributed by atoms with Crippen LogP contribution >= 0.6 is 0 Å². The summed E-state index contributed by atoms with van der Waals surface area (Å²) in [5.74, 6) is 0. The first-order valence-corrected chi connectivity index (χ1v) is 4.38. The van der Waals surface area contributed by atoms with E-state index in [1.54, 1.807) is 0 Å². The lowest BCUT2D eigenvalue weighted by Gasteiger charge is -2.30. The van der Waals surface area contributed by atoms with E-state index in [4.69, 9.17) is 20.4 Å². The lowest BCUT2D eigenvalue weighted by atomic mass is 10.3. The number of aliphatic hydroxyl groups excluding tert-OH is 2. The van der Waals surface area contributed by atoms with Gasteiger partial charge in [0.1, 0.15) is 0 Å². The fourth-order valence-electron chi connectivity index (χ4n) is 1.04. The van der Waals surface area contributed by atoms with E-state index in [0.717, 1.165) is 0 Å². The Morgan fingerprint density at radius 1 is 0.857 bits per heavy atom. The van der Waals surface area contributed by atoms with Crippen molar-refractivity contribution >= 4 is 0 Å². The summed E-state index contributed by atoms with van der Waals surface area (Å²) in [5.41, 5.74) is 0. The van der Waals surface area contributed by atoms with Crippen molar-refractivity contribution in [3.8, 4) is 0 Å². The van der Waals surface area contributed by atoms with Gasteiger partial charge in [-0.25, -0.2) is 0 Å². The van der Waals surface area contributed by atoms with Crippen molar-refractivity contribution in [2.75, 3.05) is 27.2 Å². The van der Waals surface area contributed by atoms with Gasteiger partial charge in [-0.15, -0.1) is 0 Å². The Balaban J connectivity index is 0. The van der Waals surface area contributed by atoms with E-state index in [-0.39, 0.29) is 12.4 Å². The standard InChI is InChI=1S/C8H20NO4.ClH/c1-9(2,5-3-7(10)11)6-4-8(12)13;/h7-8,10-13H,3-6H2,1-2H3;1H/q+1;/p-1. The summed E-state index contributed by atoms with van der Waals surface area (Å²) in [6.45, 7) is 1.20. The Bertz CT molecular complexity index is 127. The molecule has 0 amide bonds. The number of quaternary nitrogens is 1. The van der Waals surface area contributed by atoms with Gasteiger partial charge in [-0.2, -0.15) is 0 Å². The molecule has 0 rings (SSSR count). The molecule has 0 unspecified atom stereocenters. The molecular weight excluding hydrogens is 210 g/mol. The van der Waals surface area contributed by atoms with E-state index in [1.807, 2.05) is 14.1 Å². The van der Waals surface area contributed by atoms with Gasteiger partial charge in [-0.3, -0.25) is 0 Å². The topological polar surface area (TPSA) is 80.9 Å². The molecule has 0 spiro atoms. The maximum Gasteiger partial charge on any atom is 0.156 e. The molecule has 0 bridgehead atoms. The normalized spacial score (nSPS) is 12.0. The van der Waals surface area contributed by atoms with Crippen molar-refractivity contribution in [1.82, 2.24) is 0 Å². The zero-order chi connectivity index (χ0) is 10.5. The van der Waals surface area contributed by atoms with Crippen LogP contribution in [-0.4, -0.2) is 64.7 Å². The number of hydrogen-bond donors (Lipinski definition) is 4. The van der Waals surface area contributed by atoms with E-state index in [1.165, 1.54) is 0 Å². The van der Waals surface area contributed by atoms with Crippen LogP contribution in [0.3, 0.4) is 0 Å². The molecule has 0 atom stereocenters. The average molecular weight is 230 g/mol. The molecule has 0 saturated carbocycles. The molecule has 4 N–H and O–H groups in total. The Morgan fingerprint density at radius 3 is 1.36 bits per heavy atom. The van der Waals surface area contributed by atoms with E-state index in [2.05, 4.69) is 0 Å². The molecule has 0 aliphatic heterocycles. The van der Waals surface area contributed by atoms with Crippen LogP contribution in [0.25, 0.3) is 0 Å². The van der Waals surface area contributed by atoms with Crippen molar-refractivity contribution in [2.45, 2.75) is 25.4 Å². The third kappa shape index (κ3) is 10.2. The average Bonchev–Trinajstić information content (AvgIpc) is 1.98. The Hall–Kier alpha value is 0.0900. The van der Waals surface area contributed by atoms with Gasteiger partial charge < -0.3 is 37.3 Å². The van der Waals surface area contributed by atoms with Crippen LogP contribution in [0.2, 0.25) is 0 Å². The Kier molecular flexibility index (Phi) is 8.72. The molecule has 6 heteroatoms. The predicted octanol–water partition coefficient (Wildman–Crippen LogP) is -4.53. The lowest BCUT2D eigenvalue weighted by Crippen LogP contribution is -3.00. The summed E-state index contributed by atoms with van der Waals surface area (Å²) in [7, 11) is 3.82. The van der Waals surface area contributed by atoms with Crippen molar-refractivity contribution in [3.05, 3.63) is 0 Å². The summed E-state index contributed by atoms with van der Waals surface area (Å²) in [4.78, 5) is 0. The van der Waals surface area contributed by atoms with Crippen LogP contribution < -0.4 is 12.4 Å². The quantitative estimate of drug-likeness (QED) is 0.273. The van der Waals surface area contributed by atoms with Gasteiger partial charge in [-0.1, -0.05) is 0 Å². The minimum Gasteiger partial charge on any atom is -1.00 e. The van der Waals surface area contributed by atoms with Crippen LogP contribution in [0.4, 0.5) is 0 Å². The van der Waals surface area contributed by atoms with Gasteiger partial charge in [0.15, 0.2) is 12.6 Å². The number of rotatable bonds is 6. The van der Waals surface area contributed by atoms with Crippen molar-refractivity contribution in [3.63, 3.8) is 0 Å². The van der Waals surface area contributed by atoms with Gasteiger partial charge in [0, 0.05) is 12.8 Å². The minimum absolute atomic E-state index is 0. The van der Waals surface area contributed by atoms with Crippen LogP contribution in [0.5, 0.6) is 0 Å². The molecule has 5 nitrogen and oxygen atoms in total. The number of nitrogens with zero attached hydrogens (tertiary/aromatic N) is 1. The minimum atomic E-state index is -1.28. The van der Waals surface area contributed by atoms with Gasteiger partial charge in [0.05, 0.1) is 27.2 Å². The van der Waals surface area contributed by atoms with Crippen LogP contribution in [-0.2, 0) is 0 Å². The predicted molar refractivity (Wildman–Crippen MR) is 47.5 cm³/mol. The molecular formula is C8H20ClNO4. The van der Waals surface area contributed by atoms with E-state index in [9.17, 15) is 0 Å². The number of aliphatic hydroxyl groups is 4. The van der Waals surface area contributed by atoms with Crippen molar-refractivity contribution in [1.29, 1.82) is 0 Å². The summed E-state index contributed by atoms with van der Waals surface area (Å²) in [6, 6.07) is 0. The highest BCUT2D eigenvalue weighted by atomic mass is 35.5. The third-order valence-corrected chi connectivity index (χ3v) is 1.99. The molecule has 88 valence electrons. The molecule has 0 radical (unpaired) electrons. The third-order valence-electron chi connectivity index (χ3n) is 1.99. The molecule has 0 saturated heterocycles. The van der Waals surface area contributed by atoms with Gasteiger partial charge >= 0.3 is 0 Å². The highest BCUT2D eigenvalue weighted by Crippen LogP contribution is 2.03. The summed E-state index contributed by atoms with van der Waals surface area (Å²) in [6.07, 6.45) is -1.96. The first-order chi connectivity index (χ1) is 5.83. The smallest absolute Gasteiger partial charge is 0.156 e. The highest BCUT2D eigenvalue weighted by molar-refractivity contribution is 4.42. The van der Waals surface area contributed by atoms with Crippen LogP contribution in [0, 0.1) is 0 Å². The molecule has 0 aromatic rings. The first-order valence-electron chi connectivity index (χ1n) is 4.38. The molecule has 0 aromatic carbocycles. The second kappa shape index (κ2) is 7.39. The van der Waals surface area contributed by atoms with Gasteiger partial charge in [-0.05, 0) is 0 Å². The molecule has 0 heterocycles. The van der Waals surface area contributed by atoms with Crippen molar-refractivity contribution in [2.24, 2.45) is 0 Å². The number of halogens is 1. The maximum absolute atomic E-state index is 8.64. The number of hydrogen-bond acceptors (Lipinski definition) is 4. The van der Waals surface area contributed by atoms with Gasteiger partial charge in [0.2, 0.25) is 0 Å². The van der Waals surface area contributed by atoms with E-state index in [0.29, 0.717) is 30.4 Å². The van der Waals surface area contributed by atoms with Crippen LogP contribution in [0.15, 0.2) is 0 Å². The zero-order valence-electron chi connectivity index (χ0n) is 8.60. The summed E-state index contributed by atoms with van der Waals surface area (Å²) in [5, 5.41) is 34.6. The molecule has 0 aliphatic rings. The summed E-state index contributed by atoms with van der Waals surface area (Å²) < 4.78 is 0.551. The van der Waals surface area contributed by atoms with E-state index < -0.39 is 12.6 Å².